The van der Waals surface area contributed by atoms with E-state index in [9.17, 15) is 9.90 Å². The van der Waals surface area contributed by atoms with Gasteiger partial charge in [0.15, 0.2) is 0 Å². The fraction of sp³-hybridized carbons (Fsp3) is 0.130. The van der Waals surface area contributed by atoms with Crippen molar-refractivity contribution >= 4 is 46.6 Å². The number of aliphatic hydroxyl groups excluding tert-OH is 1. The summed E-state index contributed by atoms with van der Waals surface area (Å²) in [7, 11) is 0. The average molecular weight is 498 g/mol. The normalized spacial score (nSPS) is 11.6. The Kier molecular flexibility index (Phi) is 7.27. The van der Waals surface area contributed by atoms with Crippen molar-refractivity contribution in [3.05, 3.63) is 77.2 Å². The molecule has 0 saturated carbocycles. The lowest BCUT2D eigenvalue weighted by Gasteiger charge is -2.12. The predicted molar refractivity (Wildman–Crippen MR) is 134 cm³/mol. The van der Waals surface area contributed by atoms with Crippen LogP contribution in [-0.2, 0) is 0 Å². The number of hydrogen-bond donors (Lipinski definition) is 4. The fourth-order valence-corrected chi connectivity index (χ4v) is 3.41. The summed E-state index contributed by atoms with van der Waals surface area (Å²) in [5, 5.41) is 18.7. The molecule has 0 aliphatic rings. The third-order valence-corrected chi connectivity index (χ3v) is 5.38. The van der Waals surface area contributed by atoms with E-state index in [1.54, 1.807) is 61.9 Å². The smallest absolute Gasteiger partial charge is 0.323 e. The van der Waals surface area contributed by atoms with Gasteiger partial charge < -0.3 is 21.1 Å². The molecule has 0 fully saturated rings. The van der Waals surface area contributed by atoms with Gasteiger partial charge in [-0.25, -0.2) is 14.8 Å². The van der Waals surface area contributed by atoms with Crippen LogP contribution in [0.3, 0.4) is 0 Å². The topological polar surface area (TPSA) is 117 Å². The first-order valence-electron chi connectivity index (χ1n) is 10.3. The predicted octanol–water partition coefficient (Wildman–Crippen LogP) is 5.07. The second-order valence-corrected chi connectivity index (χ2v) is 8.19. The number of anilines is 3. The molecular formula is C23H21Cl2N7O2. The lowest BCUT2D eigenvalue weighted by atomic mass is 10.2. The zero-order chi connectivity index (χ0) is 24.1. The van der Waals surface area contributed by atoms with E-state index in [2.05, 4.69) is 30.9 Å². The third-order valence-electron chi connectivity index (χ3n) is 4.64. The molecule has 2 heterocycles. The Balaban J connectivity index is 1.52. The first-order chi connectivity index (χ1) is 16.4. The third kappa shape index (κ3) is 5.82. The lowest BCUT2D eigenvalue weighted by molar-refractivity contribution is 0.208. The SMILES string of the molecule is C[C@H](O)CNc1nccc(-n2ccnc2-c2cccc(NC(=O)Nc3ccc(Cl)c(Cl)c3)c2)n1. The molecule has 4 N–H and O–H groups in total. The summed E-state index contributed by atoms with van der Waals surface area (Å²) in [5.74, 6) is 1.63. The standard InChI is InChI=1S/C23H21Cl2N7O2/c1-14(33)13-28-22-27-8-7-20(31-22)32-10-9-26-21(32)15-3-2-4-16(11-15)29-23(34)30-17-5-6-18(24)19(25)12-17/h2-12,14,33H,13H2,1H3,(H,27,28,31)(H2,29,30,34)/t14-/m0/s1. The number of hydrogen-bond acceptors (Lipinski definition) is 6. The zero-order valence-electron chi connectivity index (χ0n) is 18.0. The van der Waals surface area contributed by atoms with Crippen LogP contribution >= 0.6 is 23.2 Å². The van der Waals surface area contributed by atoms with Gasteiger partial charge in [-0.3, -0.25) is 4.57 Å². The van der Waals surface area contributed by atoms with Crippen molar-refractivity contribution in [3.8, 4) is 17.2 Å². The molecule has 0 radical (unpaired) electrons. The maximum absolute atomic E-state index is 12.5. The molecule has 0 saturated heterocycles. The molecule has 11 heteroatoms. The van der Waals surface area contributed by atoms with E-state index in [1.165, 1.54) is 0 Å². The summed E-state index contributed by atoms with van der Waals surface area (Å²) in [6.45, 7) is 2.01. The van der Waals surface area contributed by atoms with Gasteiger partial charge in [-0.1, -0.05) is 35.3 Å². The van der Waals surface area contributed by atoms with Crippen LogP contribution in [0, 0.1) is 0 Å². The molecule has 0 bridgehead atoms. The van der Waals surface area contributed by atoms with E-state index in [0.29, 0.717) is 45.6 Å². The molecule has 174 valence electrons. The van der Waals surface area contributed by atoms with E-state index in [4.69, 9.17) is 23.2 Å². The Morgan fingerprint density at radius 3 is 2.59 bits per heavy atom. The van der Waals surface area contributed by atoms with Gasteiger partial charge in [-0.05, 0) is 43.3 Å². The summed E-state index contributed by atoms with van der Waals surface area (Å²) < 4.78 is 1.81. The van der Waals surface area contributed by atoms with Crippen LogP contribution in [0.5, 0.6) is 0 Å². The molecule has 4 rings (SSSR count). The molecule has 34 heavy (non-hydrogen) atoms. The van der Waals surface area contributed by atoms with Crippen molar-refractivity contribution in [2.45, 2.75) is 13.0 Å². The number of rotatable bonds is 7. The molecule has 0 aliphatic heterocycles. The molecule has 4 aromatic rings. The Morgan fingerprint density at radius 2 is 1.82 bits per heavy atom. The Morgan fingerprint density at radius 1 is 1.03 bits per heavy atom. The maximum atomic E-state index is 12.5. The van der Waals surface area contributed by atoms with Crippen LogP contribution < -0.4 is 16.0 Å². The number of aliphatic hydroxyl groups is 1. The van der Waals surface area contributed by atoms with E-state index in [-0.39, 0.29) is 0 Å². The van der Waals surface area contributed by atoms with Crippen molar-refractivity contribution < 1.29 is 9.90 Å². The van der Waals surface area contributed by atoms with E-state index < -0.39 is 12.1 Å². The van der Waals surface area contributed by atoms with Gasteiger partial charge in [0.05, 0.1) is 16.1 Å². The second-order valence-electron chi connectivity index (χ2n) is 7.38. The first-order valence-corrected chi connectivity index (χ1v) is 11.1. The summed E-state index contributed by atoms with van der Waals surface area (Å²) in [4.78, 5) is 25.6. The molecule has 0 spiro atoms. The number of carbonyl (C=O) groups is 1. The molecule has 1 atom stereocenters. The van der Waals surface area contributed by atoms with Crippen molar-refractivity contribution in [3.63, 3.8) is 0 Å². The van der Waals surface area contributed by atoms with Gasteiger partial charge in [0.1, 0.15) is 11.6 Å². The minimum atomic E-state index is -0.528. The highest BCUT2D eigenvalue weighted by molar-refractivity contribution is 6.42. The summed E-state index contributed by atoms with van der Waals surface area (Å²) in [6.07, 6.45) is 4.55. The summed E-state index contributed by atoms with van der Waals surface area (Å²) in [6, 6.07) is 13.4. The quantitative estimate of drug-likeness (QED) is 0.283. The second kappa shape index (κ2) is 10.5. The van der Waals surface area contributed by atoms with Crippen molar-refractivity contribution in [2.75, 3.05) is 22.5 Å². The van der Waals surface area contributed by atoms with Crippen LogP contribution in [0.25, 0.3) is 17.2 Å². The van der Waals surface area contributed by atoms with Crippen LogP contribution in [0.1, 0.15) is 6.92 Å². The Labute approximate surface area is 205 Å². The maximum Gasteiger partial charge on any atom is 0.323 e. The average Bonchev–Trinajstić information content (AvgIpc) is 3.31. The highest BCUT2D eigenvalue weighted by Crippen LogP contribution is 2.26. The number of nitrogens with one attached hydrogen (secondary N) is 3. The zero-order valence-corrected chi connectivity index (χ0v) is 19.5. The minimum Gasteiger partial charge on any atom is -0.392 e. The molecule has 2 aromatic heterocycles. The summed E-state index contributed by atoms with van der Waals surface area (Å²) >= 11 is 11.9. The van der Waals surface area contributed by atoms with Crippen LogP contribution in [0.15, 0.2) is 67.1 Å². The number of urea groups is 1. The molecule has 0 aliphatic carbocycles. The van der Waals surface area contributed by atoms with Crippen molar-refractivity contribution in [2.24, 2.45) is 0 Å². The highest BCUT2D eigenvalue weighted by Gasteiger charge is 2.12. The van der Waals surface area contributed by atoms with Gasteiger partial charge >= 0.3 is 6.03 Å². The molecular weight excluding hydrogens is 477 g/mol. The number of imidazole rings is 1. The Hall–Kier alpha value is -3.66. The molecule has 2 aromatic carbocycles. The number of aromatic nitrogens is 4. The fourth-order valence-electron chi connectivity index (χ4n) is 3.11. The number of halogens is 2. The van der Waals surface area contributed by atoms with E-state index >= 15 is 0 Å². The Bertz CT molecular complexity index is 1310. The van der Waals surface area contributed by atoms with E-state index in [1.807, 2.05) is 16.7 Å². The number of amides is 2. The van der Waals surface area contributed by atoms with Crippen LogP contribution in [-0.4, -0.2) is 43.3 Å². The molecule has 9 nitrogen and oxygen atoms in total. The molecule has 0 unspecified atom stereocenters. The number of carbonyl (C=O) groups excluding carboxylic acids is 1. The number of nitrogens with zero attached hydrogens (tertiary/aromatic N) is 4. The minimum absolute atomic E-state index is 0.332. The van der Waals surface area contributed by atoms with Gasteiger partial charge in [0.2, 0.25) is 5.95 Å². The van der Waals surface area contributed by atoms with E-state index in [0.717, 1.165) is 5.56 Å². The lowest BCUT2D eigenvalue weighted by Crippen LogP contribution is -2.19. The number of benzene rings is 2. The largest absolute Gasteiger partial charge is 0.392 e. The molecule has 2 amide bonds. The highest BCUT2D eigenvalue weighted by atomic mass is 35.5. The van der Waals surface area contributed by atoms with Gasteiger partial charge in [-0.2, -0.15) is 4.98 Å². The van der Waals surface area contributed by atoms with Gasteiger partial charge in [-0.15, -0.1) is 0 Å². The van der Waals surface area contributed by atoms with Crippen LogP contribution in [0.2, 0.25) is 10.0 Å². The first kappa shape index (κ1) is 23.5. The summed E-state index contributed by atoms with van der Waals surface area (Å²) in [5.41, 5.74) is 1.86. The van der Waals surface area contributed by atoms with Gasteiger partial charge in [0, 0.05) is 42.1 Å². The van der Waals surface area contributed by atoms with Crippen LogP contribution in [0.4, 0.5) is 22.1 Å². The monoisotopic (exact) mass is 497 g/mol. The van der Waals surface area contributed by atoms with Gasteiger partial charge in [0.25, 0.3) is 0 Å². The van der Waals surface area contributed by atoms with Crippen molar-refractivity contribution in [1.82, 2.24) is 19.5 Å². The van der Waals surface area contributed by atoms with Crippen molar-refractivity contribution in [1.29, 1.82) is 0 Å².